The highest BCUT2D eigenvalue weighted by Crippen LogP contribution is 2.22. The van der Waals surface area contributed by atoms with E-state index >= 15 is 0 Å². The van der Waals surface area contributed by atoms with Crippen LogP contribution in [-0.4, -0.2) is 0 Å². The molecule has 17 heavy (non-hydrogen) atoms. The van der Waals surface area contributed by atoms with Crippen LogP contribution in [0.25, 0.3) is 0 Å². The molecule has 0 bridgehead atoms. The van der Waals surface area contributed by atoms with Gasteiger partial charge in [-0.2, -0.15) is 10.2 Å². The monoisotopic (exact) mass is 224 g/mol. The van der Waals surface area contributed by atoms with Crippen LogP contribution in [0.1, 0.15) is 25.3 Å². The van der Waals surface area contributed by atoms with Crippen molar-refractivity contribution >= 4 is 11.4 Å². The van der Waals surface area contributed by atoms with Gasteiger partial charge in [-0.15, -0.1) is 0 Å². The zero-order valence-electron chi connectivity index (χ0n) is 10.2. The van der Waals surface area contributed by atoms with Crippen LogP contribution in [0.2, 0.25) is 0 Å². The molecule has 0 unspecified atom stereocenters. The standard InChI is InChI=1S/C15H16N2/c1-12(2)13-7-6-10-15(11-13)17-16-14-8-4-3-5-9-14/h3-12H,1-2H3/b17-16+. The summed E-state index contributed by atoms with van der Waals surface area (Å²) in [6, 6.07) is 18.0. The van der Waals surface area contributed by atoms with E-state index < -0.39 is 0 Å². The van der Waals surface area contributed by atoms with Crippen molar-refractivity contribution in [3.05, 3.63) is 60.2 Å². The van der Waals surface area contributed by atoms with Gasteiger partial charge in [0.25, 0.3) is 0 Å². The van der Waals surface area contributed by atoms with Gasteiger partial charge in [0.05, 0.1) is 11.4 Å². The van der Waals surface area contributed by atoms with Crippen molar-refractivity contribution in [1.82, 2.24) is 0 Å². The largest absolute Gasteiger partial charge is 0.151 e. The molecule has 2 rings (SSSR count). The lowest BCUT2D eigenvalue weighted by Crippen LogP contribution is -1.84. The first-order valence-electron chi connectivity index (χ1n) is 5.82. The van der Waals surface area contributed by atoms with Crippen molar-refractivity contribution in [2.24, 2.45) is 10.2 Å². The van der Waals surface area contributed by atoms with Crippen molar-refractivity contribution in [3.8, 4) is 0 Å². The zero-order chi connectivity index (χ0) is 12.1. The Morgan fingerprint density at radius 1 is 0.765 bits per heavy atom. The van der Waals surface area contributed by atoms with Crippen LogP contribution in [0, 0.1) is 0 Å². The van der Waals surface area contributed by atoms with Crippen LogP contribution < -0.4 is 0 Å². The molecule has 2 aromatic carbocycles. The van der Waals surface area contributed by atoms with E-state index in [1.165, 1.54) is 5.56 Å². The maximum Gasteiger partial charge on any atom is 0.0859 e. The molecule has 0 heterocycles. The molecule has 86 valence electrons. The number of azo groups is 1. The maximum absolute atomic E-state index is 4.24. The Morgan fingerprint density at radius 3 is 2.12 bits per heavy atom. The van der Waals surface area contributed by atoms with Crippen LogP contribution in [0.3, 0.4) is 0 Å². The highest BCUT2D eigenvalue weighted by Gasteiger charge is 1.99. The Labute approximate surface area is 102 Å². The third kappa shape index (κ3) is 3.25. The lowest BCUT2D eigenvalue weighted by Gasteiger charge is -2.04. The molecule has 0 fully saturated rings. The molecule has 0 spiro atoms. The number of rotatable bonds is 3. The van der Waals surface area contributed by atoms with Gasteiger partial charge < -0.3 is 0 Å². The maximum atomic E-state index is 4.24. The molecule has 2 heteroatoms. The average molecular weight is 224 g/mol. The Morgan fingerprint density at radius 2 is 1.41 bits per heavy atom. The minimum absolute atomic E-state index is 0.516. The molecule has 0 aliphatic carbocycles. The van der Waals surface area contributed by atoms with Crippen molar-refractivity contribution < 1.29 is 0 Å². The van der Waals surface area contributed by atoms with Gasteiger partial charge in [-0.1, -0.05) is 44.2 Å². The molecule has 2 aromatic rings. The summed E-state index contributed by atoms with van der Waals surface area (Å²) in [6.45, 7) is 4.35. The molecular weight excluding hydrogens is 208 g/mol. The summed E-state index contributed by atoms with van der Waals surface area (Å²) in [6.07, 6.45) is 0. The van der Waals surface area contributed by atoms with E-state index in [0.717, 1.165) is 11.4 Å². The van der Waals surface area contributed by atoms with E-state index in [-0.39, 0.29) is 0 Å². The van der Waals surface area contributed by atoms with Crippen molar-refractivity contribution in [2.45, 2.75) is 19.8 Å². The second kappa shape index (κ2) is 5.39. The molecule has 0 amide bonds. The normalized spacial score (nSPS) is 11.2. The summed E-state index contributed by atoms with van der Waals surface area (Å²) in [7, 11) is 0. The zero-order valence-corrected chi connectivity index (χ0v) is 10.2. The van der Waals surface area contributed by atoms with Crippen molar-refractivity contribution in [3.63, 3.8) is 0 Å². The third-order valence-electron chi connectivity index (χ3n) is 2.57. The van der Waals surface area contributed by atoms with E-state index in [1.54, 1.807) is 0 Å². The fourth-order valence-corrected chi connectivity index (χ4v) is 1.56. The molecule has 0 atom stereocenters. The summed E-state index contributed by atoms with van der Waals surface area (Å²) in [5, 5.41) is 8.45. The van der Waals surface area contributed by atoms with Gasteiger partial charge in [-0.05, 0) is 35.7 Å². The average Bonchev–Trinajstić information content (AvgIpc) is 2.38. The summed E-state index contributed by atoms with van der Waals surface area (Å²) in [5.74, 6) is 0.516. The Bertz CT molecular complexity index is 501. The second-order valence-electron chi connectivity index (χ2n) is 4.29. The number of nitrogens with zero attached hydrogens (tertiary/aromatic N) is 2. The molecule has 0 N–H and O–H groups in total. The first kappa shape index (κ1) is 11.5. The fourth-order valence-electron chi connectivity index (χ4n) is 1.56. The minimum atomic E-state index is 0.516. The topological polar surface area (TPSA) is 24.7 Å². The molecule has 0 saturated carbocycles. The predicted octanol–water partition coefficient (Wildman–Crippen LogP) is 5.23. The Hall–Kier alpha value is -1.96. The lowest BCUT2D eigenvalue weighted by atomic mass is 10.0. The van der Waals surface area contributed by atoms with Crippen LogP contribution >= 0.6 is 0 Å². The summed E-state index contributed by atoms with van der Waals surface area (Å²) >= 11 is 0. The molecule has 0 aliphatic rings. The first-order chi connectivity index (χ1) is 8.25. The van der Waals surface area contributed by atoms with Crippen molar-refractivity contribution in [1.29, 1.82) is 0 Å². The number of benzene rings is 2. The molecule has 0 aromatic heterocycles. The Kier molecular flexibility index (Phi) is 3.66. The van der Waals surface area contributed by atoms with Gasteiger partial charge in [0.2, 0.25) is 0 Å². The fraction of sp³-hybridized carbons (Fsp3) is 0.200. The summed E-state index contributed by atoms with van der Waals surface area (Å²) in [4.78, 5) is 0. The molecular formula is C15H16N2. The minimum Gasteiger partial charge on any atom is -0.151 e. The molecule has 2 nitrogen and oxygen atoms in total. The van der Waals surface area contributed by atoms with Crippen LogP contribution in [0.15, 0.2) is 64.8 Å². The molecule has 0 saturated heterocycles. The van der Waals surface area contributed by atoms with E-state index in [9.17, 15) is 0 Å². The SMILES string of the molecule is CC(C)c1cccc(/N=N/c2ccccc2)c1. The highest BCUT2D eigenvalue weighted by atomic mass is 15.1. The second-order valence-corrected chi connectivity index (χ2v) is 4.29. The molecule has 0 radical (unpaired) electrons. The van der Waals surface area contributed by atoms with Gasteiger partial charge in [-0.3, -0.25) is 0 Å². The summed E-state index contributed by atoms with van der Waals surface area (Å²) in [5.41, 5.74) is 3.07. The molecule has 0 aliphatic heterocycles. The summed E-state index contributed by atoms with van der Waals surface area (Å²) < 4.78 is 0. The quantitative estimate of drug-likeness (QED) is 0.638. The lowest BCUT2D eigenvalue weighted by molar-refractivity contribution is 0.866. The van der Waals surface area contributed by atoms with E-state index in [0.29, 0.717) is 5.92 Å². The van der Waals surface area contributed by atoms with Crippen LogP contribution in [-0.2, 0) is 0 Å². The van der Waals surface area contributed by atoms with Crippen LogP contribution in [0.5, 0.6) is 0 Å². The van der Waals surface area contributed by atoms with Gasteiger partial charge in [-0.25, -0.2) is 0 Å². The third-order valence-corrected chi connectivity index (χ3v) is 2.57. The van der Waals surface area contributed by atoms with E-state index in [4.69, 9.17) is 0 Å². The number of hydrogen-bond donors (Lipinski definition) is 0. The van der Waals surface area contributed by atoms with Gasteiger partial charge in [0.15, 0.2) is 0 Å². The Balaban J connectivity index is 2.19. The number of hydrogen-bond acceptors (Lipinski definition) is 2. The predicted molar refractivity (Wildman–Crippen MR) is 71.1 cm³/mol. The first-order valence-corrected chi connectivity index (χ1v) is 5.82. The van der Waals surface area contributed by atoms with Crippen LogP contribution in [0.4, 0.5) is 11.4 Å². The van der Waals surface area contributed by atoms with Gasteiger partial charge >= 0.3 is 0 Å². The van der Waals surface area contributed by atoms with E-state index in [1.807, 2.05) is 42.5 Å². The smallest absolute Gasteiger partial charge is 0.0859 e. The van der Waals surface area contributed by atoms with Gasteiger partial charge in [0.1, 0.15) is 0 Å². The van der Waals surface area contributed by atoms with E-state index in [2.05, 4.69) is 36.2 Å². The van der Waals surface area contributed by atoms with Crippen molar-refractivity contribution in [2.75, 3.05) is 0 Å². The van der Waals surface area contributed by atoms with Gasteiger partial charge in [0, 0.05) is 0 Å². The highest BCUT2D eigenvalue weighted by molar-refractivity contribution is 5.42.